The fourth-order valence-corrected chi connectivity index (χ4v) is 5.02. The Bertz CT molecular complexity index is 1260. The molecule has 0 aliphatic rings. The lowest BCUT2D eigenvalue weighted by atomic mass is 10.1. The molecule has 0 aromatic heterocycles. The van der Waals surface area contributed by atoms with E-state index in [0.29, 0.717) is 33.5 Å². The zero-order valence-corrected chi connectivity index (χ0v) is 21.4. The third-order valence-corrected chi connectivity index (χ3v) is 7.37. The number of nitrogens with one attached hydrogen (secondary N) is 1. The van der Waals surface area contributed by atoms with Crippen molar-refractivity contribution in [2.75, 3.05) is 32.2 Å². The molecule has 0 bridgehead atoms. The molecule has 35 heavy (non-hydrogen) atoms. The summed E-state index contributed by atoms with van der Waals surface area (Å²) in [6.07, 6.45) is 0. The zero-order valence-electron chi connectivity index (χ0n) is 19.8. The molecule has 8 nitrogen and oxygen atoms in total. The third kappa shape index (κ3) is 6.17. The molecule has 0 heterocycles. The molecule has 0 aliphatic carbocycles. The standard InChI is InChI=1S/C25H27ClN2O6S/c1-17(23-15-21(33-3)11-14-24(23)34-4)27-25(29)16-28(19-7-5-18(26)6-8-19)35(30,31)22-12-9-20(32-2)10-13-22/h5-15,17H,16H2,1-4H3,(H,27,29)/t17-/m0/s1. The van der Waals surface area contributed by atoms with Crippen LogP contribution in [-0.2, 0) is 14.8 Å². The summed E-state index contributed by atoms with van der Waals surface area (Å²) in [4.78, 5) is 13.1. The topological polar surface area (TPSA) is 94.2 Å². The summed E-state index contributed by atoms with van der Waals surface area (Å²) in [6, 6.07) is 16.9. The Morgan fingerprint density at radius 1 is 0.914 bits per heavy atom. The lowest BCUT2D eigenvalue weighted by Crippen LogP contribution is -2.41. The van der Waals surface area contributed by atoms with E-state index >= 15 is 0 Å². The van der Waals surface area contributed by atoms with Crippen molar-refractivity contribution in [1.82, 2.24) is 5.32 Å². The van der Waals surface area contributed by atoms with E-state index in [0.717, 1.165) is 4.31 Å². The number of ether oxygens (including phenoxy) is 3. The highest BCUT2D eigenvalue weighted by atomic mass is 35.5. The van der Waals surface area contributed by atoms with E-state index in [4.69, 9.17) is 25.8 Å². The second kappa shape index (κ2) is 11.3. The molecule has 0 fully saturated rings. The van der Waals surface area contributed by atoms with Crippen LogP contribution in [0.1, 0.15) is 18.5 Å². The molecule has 0 saturated carbocycles. The van der Waals surface area contributed by atoms with Crippen LogP contribution in [0.3, 0.4) is 0 Å². The normalized spacial score (nSPS) is 11.9. The summed E-state index contributed by atoms with van der Waals surface area (Å²) in [5.74, 6) is 1.18. The van der Waals surface area contributed by atoms with Gasteiger partial charge in [0.2, 0.25) is 5.91 Å². The number of hydrogen-bond donors (Lipinski definition) is 1. The van der Waals surface area contributed by atoms with Crippen LogP contribution in [0.5, 0.6) is 17.2 Å². The number of methoxy groups -OCH3 is 3. The summed E-state index contributed by atoms with van der Waals surface area (Å²) >= 11 is 5.99. The number of anilines is 1. The van der Waals surface area contributed by atoms with E-state index in [1.165, 1.54) is 26.4 Å². The van der Waals surface area contributed by atoms with Gasteiger partial charge in [-0.1, -0.05) is 11.6 Å². The van der Waals surface area contributed by atoms with Crippen LogP contribution in [0.25, 0.3) is 0 Å². The van der Waals surface area contributed by atoms with Crippen molar-refractivity contribution in [3.05, 3.63) is 77.3 Å². The van der Waals surface area contributed by atoms with Crippen LogP contribution in [0, 0.1) is 0 Å². The first-order chi connectivity index (χ1) is 16.7. The van der Waals surface area contributed by atoms with E-state index in [1.54, 1.807) is 68.6 Å². The Hall–Kier alpha value is -3.43. The lowest BCUT2D eigenvalue weighted by Gasteiger charge is -2.25. The molecule has 0 unspecified atom stereocenters. The van der Waals surface area contributed by atoms with E-state index in [-0.39, 0.29) is 4.90 Å². The van der Waals surface area contributed by atoms with Crippen LogP contribution >= 0.6 is 11.6 Å². The van der Waals surface area contributed by atoms with Gasteiger partial charge in [0.25, 0.3) is 10.0 Å². The van der Waals surface area contributed by atoms with Gasteiger partial charge in [-0.15, -0.1) is 0 Å². The van der Waals surface area contributed by atoms with Crippen molar-refractivity contribution >= 4 is 33.2 Å². The minimum Gasteiger partial charge on any atom is -0.497 e. The number of carbonyl (C=O) groups excluding carboxylic acids is 1. The number of halogens is 1. The lowest BCUT2D eigenvalue weighted by molar-refractivity contribution is -0.120. The van der Waals surface area contributed by atoms with Gasteiger partial charge in [0.05, 0.1) is 38.0 Å². The maximum absolute atomic E-state index is 13.5. The summed E-state index contributed by atoms with van der Waals surface area (Å²) in [5.41, 5.74) is 0.989. The van der Waals surface area contributed by atoms with E-state index in [1.807, 2.05) is 0 Å². The van der Waals surface area contributed by atoms with Crippen molar-refractivity contribution in [3.8, 4) is 17.2 Å². The number of nitrogens with zero attached hydrogens (tertiary/aromatic N) is 1. The molecule has 3 aromatic rings. The first kappa shape index (κ1) is 26.2. The van der Waals surface area contributed by atoms with Crippen molar-refractivity contribution < 1.29 is 27.4 Å². The summed E-state index contributed by atoms with van der Waals surface area (Å²) in [7, 11) is 0.486. The Morgan fingerprint density at radius 3 is 2.09 bits per heavy atom. The summed E-state index contributed by atoms with van der Waals surface area (Å²) in [5, 5.41) is 3.29. The van der Waals surface area contributed by atoms with E-state index in [2.05, 4.69) is 5.32 Å². The molecule has 1 amide bonds. The Morgan fingerprint density at radius 2 is 1.51 bits per heavy atom. The zero-order chi connectivity index (χ0) is 25.6. The number of hydrogen-bond acceptors (Lipinski definition) is 6. The minimum atomic E-state index is -4.08. The molecule has 10 heteroatoms. The van der Waals surface area contributed by atoms with Gasteiger partial charge in [-0.05, 0) is 73.7 Å². The fourth-order valence-electron chi connectivity index (χ4n) is 3.47. The fraction of sp³-hybridized carbons (Fsp3) is 0.240. The van der Waals surface area contributed by atoms with Gasteiger partial charge in [0.15, 0.2) is 0 Å². The average Bonchev–Trinajstić information content (AvgIpc) is 2.87. The molecule has 0 spiro atoms. The number of sulfonamides is 1. The molecule has 1 N–H and O–H groups in total. The average molecular weight is 519 g/mol. The molecule has 3 aromatic carbocycles. The van der Waals surface area contributed by atoms with Gasteiger partial charge in [-0.2, -0.15) is 0 Å². The highest BCUT2D eigenvalue weighted by Crippen LogP contribution is 2.30. The Labute approximate surface area is 210 Å². The van der Waals surface area contributed by atoms with E-state index < -0.39 is 28.5 Å². The van der Waals surface area contributed by atoms with Gasteiger partial charge in [0.1, 0.15) is 23.8 Å². The second-order valence-electron chi connectivity index (χ2n) is 7.56. The quantitative estimate of drug-likeness (QED) is 0.426. The van der Waals surface area contributed by atoms with Crippen LogP contribution < -0.4 is 23.8 Å². The van der Waals surface area contributed by atoms with Crippen molar-refractivity contribution in [2.45, 2.75) is 17.9 Å². The number of benzene rings is 3. The van der Waals surface area contributed by atoms with Gasteiger partial charge in [0, 0.05) is 10.6 Å². The van der Waals surface area contributed by atoms with Crippen LogP contribution in [-0.4, -0.2) is 42.2 Å². The first-order valence-electron chi connectivity index (χ1n) is 10.6. The van der Waals surface area contributed by atoms with E-state index in [9.17, 15) is 13.2 Å². The number of carbonyl (C=O) groups is 1. The SMILES string of the molecule is COc1ccc(S(=O)(=O)N(CC(=O)N[C@@H](C)c2cc(OC)ccc2OC)c2ccc(Cl)cc2)cc1. The Balaban J connectivity index is 1.90. The smallest absolute Gasteiger partial charge is 0.264 e. The summed E-state index contributed by atoms with van der Waals surface area (Å²) in [6.45, 7) is 1.33. The molecule has 1 atom stereocenters. The van der Waals surface area contributed by atoms with Crippen LogP contribution in [0.4, 0.5) is 5.69 Å². The predicted molar refractivity (Wildman–Crippen MR) is 135 cm³/mol. The van der Waals surface area contributed by atoms with Gasteiger partial charge in [-0.3, -0.25) is 9.10 Å². The summed E-state index contributed by atoms with van der Waals surface area (Å²) < 4.78 is 43.9. The Kier molecular flexibility index (Phi) is 8.48. The van der Waals surface area contributed by atoms with Crippen molar-refractivity contribution in [2.24, 2.45) is 0 Å². The monoisotopic (exact) mass is 518 g/mol. The minimum absolute atomic E-state index is 0.0172. The molecule has 0 radical (unpaired) electrons. The van der Waals surface area contributed by atoms with Gasteiger partial charge in [-0.25, -0.2) is 8.42 Å². The van der Waals surface area contributed by atoms with Gasteiger partial charge < -0.3 is 19.5 Å². The molecule has 3 rings (SSSR count). The first-order valence-corrected chi connectivity index (χ1v) is 12.4. The largest absolute Gasteiger partial charge is 0.497 e. The molecule has 0 aliphatic heterocycles. The molecule has 0 saturated heterocycles. The highest BCUT2D eigenvalue weighted by molar-refractivity contribution is 7.92. The molecular weight excluding hydrogens is 492 g/mol. The molecular formula is C25H27ClN2O6S. The van der Waals surface area contributed by atoms with Crippen LogP contribution in [0.15, 0.2) is 71.6 Å². The maximum Gasteiger partial charge on any atom is 0.264 e. The third-order valence-electron chi connectivity index (χ3n) is 5.33. The maximum atomic E-state index is 13.5. The van der Waals surface area contributed by atoms with Gasteiger partial charge >= 0.3 is 0 Å². The highest BCUT2D eigenvalue weighted by Gasteiger charge is 2.28. The predicted octanol–water partition coefficient (Wildman–Crippen LogP) is 4.44. The number of rotatable bonds is 10. The number of amides is 1. The van der Waals surface area contributed by atoms with Crippen molar-refractivity contribution in [3.63, 3.8) is 0 Å². The molecule has 186 valence electrons. The second-order valence-corrected chi connectivity index (χ2v) is 9.86. The van der Waals surface area contributed by atoms with Crippen molar-refractivity contribution in [1.29, 1.82) is 0 Å². The van der Waals surface area contributed by atoms with Crippen LogP contribution in [0.2, 0.25) is 5.02 Å².